The molecule has 1 fully saturated rings. The normalized spacial score (nSPS) is 21.2. The van der Waals surface area contributed by atoms with Gasteiger partial charge >= 0.3 is 0 Å². The van der Waals surface area contributed by atoms with Crippen LogP contribution in [0.1, 0.15) is 25.6 Å². The van der Waals surface area contributed by atoms with E-state index in [0.29, 0.717) is 16.0 Å². The van der Waals surface area contributed by atoms with Crippen molar-refractivity contribution in [3.8, 4) is 0 Å². The molecule has 2 aromatic rings. The molecule has 20 heavy (non-hydrogen) atoms. The molecule has 5 heteroatoms. The van der Waals surface area contributed by atoms with Crippen molar-refractivity contribution in [3.63, 3.8) is 0 Å². The van der Waals surface area contributed by atoms with E-state index in [2.05, 4.69) is 22.2 Å². The third-order valence-corrected chi connectivity index (χ3v) is 4.95. The molecule has 2 heterocycles. The number of rotatable bonds is 3. The average Bonchev–Trinajstić information content (AvgIpc) is 2.81. The molecule has 0 saturated carbocycles. The monoisotopic (exact) mass is 311 g/mol. The van der Waals surface area contributed by atoms with E-state index in [4.69, 9.17) is 23.2 Å². The van der Waals surface area contributed by atoms with Crippen molar-refractivity contribution >= 4 is 34.2 Å². The lowest BCUT2D eigenvalue weighted by Gasteiger charge is -2.27. The molecule has 1 aromatic heterocycles. The highest BCUT2D eigenvalue weighted by Gasteiger charge is 2.21. The summed E-state index contributed by atoms with van der Waals surface area (Å²) >= 11 is 12.1. The van der Waals surface area contributed by atoms with E-state index in [1.807, 2.05) is 12.1 Å². The lowest BCUT2D eigenvalue weighted by atomic mass is 9.85. The second-order valence-corrected chi connectivity index (χ2v) is 6.57. The van der Waals surface area contributed by atoms with Crippen molar-refractivity contribution < 1.29 is 0 Å². The van der Waals surface area contributed by atoms with Gasteiger partial charge in [0.05, 0.1) is 21.1 Å². The Balaban J connectivity index is 1.76. The van der Waals surface area contributed by atoms with Gasteiger partial charge in [0.25, 0.3) is 0 Å². The van der Waals surface area contributed by atoms with Crippen molar-refractivity contribution in [3.05, 3.63) is 28.0 Å². The van der Waals surface area contributed by atoms with Gasteiger partial charge in [0.2, 0.25) is 0 Å². The number of H-pyrrole nitrogens is 1. The van der Waals surface area contributed by atoms with Gasteiger partial charge < -0.3 is 10.3 Å². The second-order valence-electron chi connectivity index (χ2n) is 5.75. The summed E-state index contributed by atoms with van der Waals surface area (Å²) < 4.78 is 0. The topological polar surface area (TPSA) is 40.7 Å². The van der Waals surface area contributed by atoms with Crippen LogP contribution in [0.5, 0.6) is 0 Å². The molecule has 2 unspecified atom stereocenters. The lowest BCUT2D eigenvalue weighted by Crippen LogP contribution is -2.34. The predicted octanol–water partition coefficient (Wildman–Crippen LogP) is 4.05. The zero-order chi connectivity index (χ0) is 14.1. The predicted molar refractivity (Wildman–Crippen MR) is 84.6 cm³/mol. The Hall–Kier alpha value is -0.770. The largest absolute Gasteiger partial charge is 0.342 e. The molecule has 1 aromatic carbocycles. The van der Waals surface area contributed by atoms with Gasteiger partial charge in [-0.3, -0.25) is 0 Å². The van der Waals surface area contributed by atoms with Crippen LogP contribution in [0.4, 0.5) is 0 Å². The van der Waals surface area contributed by atoms with Crippen LogP contribution in [-0.2, 0) is 6.42 Å². The van der Waals surface area contributed by atoms with Gasteiger partial charge in [-0.15, -0.1) is 0 Å². The van der Waals surface area contributed by atoms with Crippen LogP contribution in [0.3, 0.4) is 0 Å². The van der Waals surface area contributed by atoms with Gasteiger partial charge in [0.1, 0.15) is 5.82 Å². The number of benzene rings is 1. The number of halogens is 2. The quantitative estimate of drug-likeness (QED) is 0.898. The first-order chi connectivity index (χ1) is 9.63. The molecule has 1 saturated heterocycles. The zero-order valence-corrected chi connectivity index (χ0v) is 13.1. The minimum absolute atomic E-state index is 0.557. The standard InChI is InChI=1S/C15H19Cl2N3/c1-9(10-3-2-4-18-8-10)5-15-19-13-6-11(16)12(17)7-14(13)20-15/h6-7,9-10,18H,2-5,8H2,1H3,(H,19,20). The summed E-state index contributed by atoms with van der Waals surface area (Å²) in [7, 11) is 0. The van der Waals surface area contributed by atoms with Gasteiger partial charge in [0, 0.05) is 6.42 Å². The smallest absolute Gasteiger partial charge is 0.107 e. The van der Waals surface area contributed by atoms with E-state index >= 15 is 0 Å². The molecule has 1 aliphatic rings. The maximum atomic E-state index is 6.04. The van der Waals surface area contributed by atoms with Gasteiger partial charge in [-0.2, -0.15) is 0 Å². The number of nitrogens with one attached hydrogen (secondary N) is 2. The average molecular weight is 312 g/mol. The number of nitrogens with zero attached hydrogens (tertiary/aromatic N) is 1. The number of hydrogen-bond acceptors (Lipinski definition) is 2. The molecule has 3 rings (SSSR count). The van der Waals surface area contributed by atoms with E-state index < -0.39 is 0 Å². The number of fused-ring (bicyclic) bond motifs is 1. The molecule has 0 bridgehead atoms. The highest BCUT2D eigenvalue weighted by atomic mass is 35.5. The summed E-state index contributed by atoms with van der Waals surface area (Å²) in [4.78, 5) is 7.99. The van der Waals surface area contributed by atoms with E-state index in [1.54, 1.807) is 0 Å². The fraction of sp³-hybridized carbons (Fsp3) is 0.533. The van der Waals surface area contributed by atoms with Crippen molar-refractivity contribution in [2.45, 2.75) is 26.2 Å². The first-order valence-corrected chi connectivity index (χ1v) is 7.93. The van der Waals surface area contributed by atoms with E-state index in [1.165, 1.54) is 12.8 Å². The molecule has 2 atom stereocenters. The summed E-state index contributed by atoms with van der Waals surface area (Å²) in [6, 6.07) is 3.68. The summed E-state index contributed by atoms with van der Waals surface area (Å²) in [5, 5.41) is 4.60. The van der Waals surface area contributed by atoms with E-state index in [-0.39, 0.29) is 0 Å². The lowest BCUT2D eigenvalue weighted by molar-refractivity contribution is 0.276. The van der Waals surface area contributed by atoms with Crippen LogP contribution in [-0.4, -0.2) is 23.1 Å². The molecule has 0 amide bonds. The third kappa shape index (κ3) is 2.95. The number of piperidine rings is 1. The van der Waals surface area contributed by atoms with Crippen LogP contribution in [0.15, 0.2) is 12.1 Å². The molecule has 0 aliphatic carbocycles. The van der Waals surface area contributed by atoms with Gasteiger partial charge in [0.15, 0.2) is 0 Å². The maximum absolute atomic E-state index is 6.04. The van der Waals surface area contributed by atoms with Crippen LogP contribution in [0.25, 0.3) is 11.0 Å². The Morgan fingerprint density at radius 2 is 2.15 bits per heavy atom. The Bertz CT molecular complexity index is 563. The van der Waals surface area contributed by atoms with Crippen LogP contribution < -0.4 is 5.32 Å². The van der Waals surface area contributed by atoms with Crippen LogP contribution >= 0.6 is 23.2 Å². The SMILES string of the molecule is CC(Cc1nc2cc(Cl)c(Cl)cc2[nH]1)C1CCCNC1. The Labute approximate surface area is 129 Å². The highest BCUT2D eigenvalue weighted by Crippen LogP contribution is 2.28. The number of imidazole rings is 1. The summed E-state index contributed by atoms with van der Waals surface area (Å²) in [5.41, 5.74) is 1.85. The number of aromatic nitrogens is 2. The molecule has 3 nitrogen and oxygen atoms in total. The zero-order valence-electron chi connectivity index (χ0n) is 11.5. The van der Waals surface area contributed by atoms with Crippen LogP contribution in [0.2, 0.25) is 10.0 Å². The summed E-state index contributed by atoms with van der Waals surface area (Å²) in [6.07, 6.45) is 3.56. The molecule has 0 spiro atoms. The molecule has 2 N–H and O–H groups in total. The van der Waals surface area contributed by atoms with Crippen molar-refractivity contribution in [2.24, 2.45) is 11.8 Å². The fourth-order valence-corrected chi connectivity index (χ4v) is 3.31. The molecule has 0 radical (unpaired) electrons. The summed E-state index contributed by atoms with van der Waals surface area (Å²) in [6.45, 7) is 4.59. The Kier molecular flexibility index (Phi) is 4.20. The second kappa shape index (κ2) is 5.92. The Morgan fingerprint density at radius 3 is 2.90 bits per heavy atom. The molecular formula is C15H19Cl2N3. The van der Waals surface area contributed by atoms with Gasteiger partial charge in [-0.25, -0.2) is 4.98 Å². The minimum atomic E-state index is 0.557. The first kappa shape index (κ1) is 14.2. The number of aromatic amines is 1. The van der Waals surface area contributed by atoms with Crippen molar-refractivity contribution in [1.82, 2.24) is 15.3 Å². The van der Waals surface area contributed by atoms with E-state index in [0.717, 1.165) is 42.3 Å². The molecule has 1 aliphatic heterocycles. The van der Waals surface area contributed by atoms with Crippen molar-refractivity contribution in [1.29, 1.82) is 0 Å². The van der Waals surface area contributed by atoms with E-state index in [9.17, 15) is 0 Å². The molecule has 108 valence electrons. The third-order valence-electron chi connectivity index (χ3n) is 4.23. The van der Waals surface area contributed by atoms with Crippen LogP contribution in [0, 0.1) is 11.8 Å². The first-order valence-electron chi connectivity index (χ1n) is 7.18. The highest BCUT2D eigenvalue weighted by molar-refractivity contribution is 6.42. The molecular weight excluding hydrogens is 293 g/mol. The van der Waals surface area contributed by atoms with Crippen molar-refractivity contribution in [2.75, 3.05) is 13.1 Å². The number of hydrogen-bond donors (Lipinski definition) is 2. The maximum Gasteiger partial charge on any atom is 0.107 e. The fourth-order valence-electron chi connectivity index (χ4n) is 2.99. The minimum Gasteiger partial charge on any atom is -0.342 e. The van der Waals surface area contributed by atoms with Gasteiger partial charge in [-0.1, -0.05) is 30.1 Å². The summed E-state index contributed by atoms with van der Waals surface area (Å²) in [5.74, 6) is 2.38. The Morgan fingerprint density at radius 1 is 1.35 bits per heavy atom. The van der Waals surface area contributed by atoms with Gasteiger partial charge in [-0.05, 0) is 49.9 Å².